The molecular weight excluding hydrogens is 276 g/mol. The van der Waals surface area contributed by atoms with Crippen LogP contribution >= 0.6 is 0 Å². The summed E-state index contributed by atoms with van der Waals surface area (Å²) in [7, 11) is 0. The molecule has 0 aromatic heterocycles. The monoisotopic (exact) mass is 294 g/mol. The highest BCUT2D eigenvalue weighted by Gasteiger charge is 2.05. The first-order chi connectivity index (χ1) is 9.99. The molecule has 1 aromatic carbocycles. The van der Waals surface area contributed by atoms with Gasteiger partial charge in [-0.15, -0.1) is 0 Å². The number of aliphatic carboxylic acids is 1. The Morgan fingerprint density at radius 2 is 1.81 bits per heavy atom. The number of benzene rings is 1. The summed E-state index contributed by atoms with van der Waals surface area (Å²) in [5, 5.41) is 13.6. The van der Waals surface area contributed by atoms with Crippen molar-refractivity contribution in [2.75, 3.05) is 19.8 Å². The molecule has 0 unspecified atom stereocenters. The number of nitrogens with one attached hydrogen (secondary N) is 2. The van der Waals surface area contributed by atoms with Crippen LogP contribution in [-0.4, -0.2) is 42.6 Å². The van der Waals surface area contributed by atoms with Gasteiger partial charge in [-0.05, 0) is 17.7 Å². The third-order valence-corrected chi connectivity index (χ3v) is 2.52. The van der Waals surface area contributed by atoms with E-state index in [9.17, 15) is 14.4 Å². The molecule has 0 radical (unpaired) electrons. The van der Waals surface area contributed by atoms with Gasteiger partial charge in [-0.2, -0.15) is 0 Å². The molecular formula is C14H18N2O5. The molecule has 1 rings (SSSR count). The fourth-order valence-corrected chi connectivity index (χ4v) is 1.50. The second-order valence-electron chi connectivity index (χ2n) is 4.31. The Balaban J connectivity index is 2.34. The Bertz CT molecular complexity index is 499. The van der Waals surface area contributed by atoms with E-state index in [0.29, 0.717) is 12.1 Å². The van der Waals surface area contributed by atoms with Crippen LogP contribution in [0.4, 0.5) is 0 Å². The van der Waals surface area contributed by atoms with Crippen molar-refractivity contribution in [3.05, 3.63) is 35.4 Å². The smallest absolute Gasteiger partial charge is 0.329 e. The van der Waals surface area contributed by atoms with Gasteiger partial charge >= 0.3 is 5.97 Å². The van der Waals surface area contributed by atoms with Gasteiger partial charge < -0.3 is 20.5 Å². The van der Waals surface area contributed by atoms with Gasteiger partial charge in [0.15, 0.2) is 0 Å². The lowest BCUT2D eigenvalue weighted by atomic mass is 10.1. The van der Waals surface area contributed by atoms with Gasteiger partial charge in [0.25, 0.3) is 5.91 Å². The summed E-state index contributed by atoms with van der Waals surface area (Å²) in [6, 6.07) is 6.83. The number of ether oxygens (including phenoxy) is 1. The van der Waals surface area contributed by atoms with Crippen LogP contribution in [0, 0.1) is 0 Å². The normalized spacial score (nSPS) is 9.95. The highest BCUT2D eigenvalue weighted by atomic mass is 16.5. The van der Waals surface area contributed by atoms with E-state index in [0.717, 1.165) is 5.56 Å². The van der Waals surface area contributed by atoms with Crippen LogP contribution in [-0.2, 0) is 20.9 Å². The Morgan fingerprint density at radius 1 is 1.14 bits per heavy atom. The van der Waals surface area contributed by atoms with Crippen molar-refractivity contribution in [1.82, 2.24) is 10.6 Å². The van der Waals surface area contributed by atoms with Gasteiger partial charge in [0.05, 0.1) is 6.61 Å². The van der Waals surface area contributed by atoms with Gasteiger partial charge in [-0.1, -0.05) is 12.1 Å². The largest absolute Gasteiger partial charge is 0.480 e. The summed E-state index contributed by atoms with van der Waals surface area (Å²) < 4.78 is 4.80. The van der Waals surface area contributed by atoms with Crippen molar-refractivity contribution in [3.63, 3.8) is 0 Å². The van der Waals surface area contributed by atoms with Gasteiger partial charge in [-0.25, -0.2) is 4.79 Å². The molecule has 0 aliphatic carbocycles. The summed E-state index contributed by atoms with van der Waals surface area (Å²) in [5.74, 6) is -1.42. The Labute approximate surface area is 122 Å². The molecule has 0 heterocycles. The minimum atomic E-state index is -1.05. The standard InChI is InChI=1S/C14H18N2O5/c1-10(17)16-8-11-2-4-12(5-3-11)14(20)15-6-7-21-9-13(18)19/h2-5H,6-9H2,1H3,(H,15,20)(H,16,17)(H,18,19). The molecule has 7 nitrogen and oxygen atoms in total. The van der Waals surface area contributed by atoms with E-state index in [1.165, 1.54) is 6.92 Å². The highest BCUT2D eigenvalue weighted by Crippen LogP contribution is 2.04. The molecule has 0 atom stereocenters. The summed E-state index contributed by atoms with van der Waals surface area (Å²) in [4.78, 5) is 32.8. The maximum Gasteiger partial charge on any atom is 0.329 e. The zero-order valence-electron chi connectivity index (χ0n) is 11.7. The first kappa shape index (κ1) is 16.6. The quantitative estimate of drug-likeness (QED) is 0.592. The molecule has 0 fully saturated rings. The van der Waals surface area contributed by atoms with Gasteiger partial charge in [0, 0.05) is 25.6 Å². The van der Waals surface area contributed by atoms with Crippen molar-refractivity contribution in [3.8, 4) is 0 Å². The minimum absolute atomic E-state index is 0.113. The summed E-state index contributed by atoms with van der Waals surface area (Å²) in [5.41, 5.74) is 1.38. The van der Waals surface area contributed by atoms with E-state index in [4.69, 9.17) is 9.84 Å². The number of carboxylic acids is 1. The third-order valence-electron chi connectivity index (χ3n) is 2.52. The van der Waals surface area contributed by atoms with E-state index in [1.807, 2.05) is 0 Å². The molecule has 0 aliphatic heterocycles. The lowest BCUT2D eigenvalue weighted by molar-refractivity contribution is -0.142. The Hall–Kier alpha value is -2.41. The number of carboxylic acid groups (broad SMARTS) is 1. The molecule has 114 valence electrons. The maximum atomic E-state index is 11.8. The molecule has 2 amide bonds. The van der Waals surface area contributed by atoms with Crippen LogP contribution in [0.25, 0.3) is 0 Å². The summed E-state index contributed by atoms with van der Waals surface area (Å²) >= 11 is 0. The Morgan fingerprint density at radius 3 is 2.38 bits per heavy atom. The minimum Gasteiger partial charge on any atom is -0.480 e. The summed E-state index contributed by atoms with van der Waals surface area (Å²) in [6.45, 7) is 1.85. The number of hydrogen-bond donors (Lipinski definition) is 3. The fraction of sp³-hybridized carbons (Fsp3) is 0.357. The SMILES string of the molecule is CC(=O)NCc1ccc(C(=O)NCCOCC(=O)O)cc1. The fourth-order valence-electron chi connectivity index (χ4n) is 1.50. The van der Waals surface area contributed by atoms with Crippen LogP contribution in [0.3, 0.4) is 0 Å². The van der Waals surface area contributed by atoms with Crippen molar-refractivity contribution in [2.24, 2.45) is 0 Å². The Kier molecular flexibility index (Phi) is 6.90. The number of carbonyl (C=O) groups excluding carboxylic acids is 2. The number of amides is 2. The second kappa shape index (κ2) is 8.70. The van der Waals surface area contributed by atoms with Crippen LogP contribution in [0.5, 0.6) is 0 Å². The van der Waals surface area contributed by atoms with E-state index in [-0.39, 0.29) is 31.6 Å². The molecule has 0 saturated heterocycles. The van der Waals surface area contributed by atoms with Crippen LogP contribution in [0.2, 0.25) is 0 Å². The number of hydrogen-bond acceptors (Lipinski definition) is 4. The number of rotatable bonds is 8. The molecule has 1 aromatic rings. The first-order valence-electron chi connectivity index (χ1n) is 6.40. The second-order valence-corrected chi connectivity index (χ2v) is 4.31. The van der Waals surface area contributed by atoms with Crippen LogP contribution in [0.15, 0.2) is 24.3 Å². The van der Waals surface area contributed by atoms with Crippen molar-refractivity contribution in [1.29, 1.82) is 0 Å². The zero-order chi connectivity index (χ0) is 15.7. The van der Waals surface area contributed by atoms with Crippen molar-refractivity contribution >= 4 is 17.8 Å². The topological polar surface area (TPSA) is 105 Å². The molecule has 0 spiro atoms. The van der Waals surface area contributed by atoms with Gasteiger partial charge in [0.2, 0.25) is 5.91 Å². The van der Waals surface area contributed by atoms with Crippen LogP contribution in [0.1, 0.15) is 22.8 Å². The lowest BCUT2D eigenvalue weighted by Gasteiger charge is -2.07. The molecule has 0 saturated carbocycles. The van der Waals surface area contributed by atoms with E-state index < -0.39 is 5.97 Å². The number of carbonyl (C=O) groups is 3. The van der Waals surface area contributed by atoms with Crippen molar-refractivity contribution in [2.45, 2.75) is 13.5 Å². The molecule has 0 bridgehead atoms. The van der Waals surface area contributed by atoms with E-state index in [2.05, 4.69) is 10.6 Å². The van der Waals surface area contributed by atoms with Gasteiger partial charge in [-0.3, -0.25) is 9.59 Å². The first-order valence-corrected chi connectivity index (χ1v) is 6.40. The highest BCUT2D eigenvalue weighted by molar-refractivity contribution is 5.94. The molecule has 3 N–H and O–H groups in total. The maximum absolute atomic E-state index is 11.8. The third kappa shape index (κ3) is 7.07. The average Bonchev–Trinajstić information content (AvgIpc) is 2.44. The van der Waals surface area contributed by atoms with E-state index in [1.54, 1.807) is 24.3 Å². The van der Waals surface area contributed by atoms with E-state index >= 15 is 0 Å². The van der Waals surface area contributed by atoms with Crippen LogP contribution < -0.4 is 10.6 Å². The lowest BCUT2D eigenvalue weighted by Crippen LogP contribution is -2.28. The van der Waals surface area contributed by atoms with Gasteiger partial charge in [0.1, 0.15) is 6.61 Å². The predicted molar refractivity (Wildman–Crippen MR) is 74.8 cm³/mol. The molecule has 21 heavy (non-hydrogen) atoms. The average molecular weight is 294 g/mol. The molecule has 7 heteroatoms. The predicted octanol–water partition coefficient (Wildman–Crippen LogP) is 0.154. The van der Waals surface area contributed by atoms with Crippen molar-refractivity contribution < 1.29 is 24.2 Å². The zero-order valence-corrected chi connectivity index (χ0v) is 11.7. The summed E-state index contributed by atoms with van der Waals surface area (Å²) in [6.07, 6.45) is 0. The molecule has 0 aliphatic rings.